The smallest absolute Gasteiger partial charge is 0.305 e. The minimum absolute atomic E-state index is 0.189. The highest BCUT2D eigenvalue weighted by Gasteiger charge is 2.16. The highest BCUT2D eigenvalue weighted by Crippen LogP contribution is 2.26. The molecule has 0 bridgehead atoms. The Morgan fingerprint density at radius 2 is 2.22 bits per heavy atom. The van der Waals surface area contributed by atoms with Crippen LogP contribution in [0.2, 0.25) is 0 Å². The largest absolute Gasteiger partial charge is 0.469 e. The van der Waals surface area contributed by atoms with E-state index in [1.165, 1.54) is 19.2 Å². The van der Waals surface area contributed by atoms with Crippen molar-refractivity contribution in [3.05, 3.63) is 39.7 Å². The molecule has 5 nitrogen and oxygen atoms in total. The van der Waals surface area contributed by atoms with E-state index in [9.17, 15) is 19.3 Å². The molecule has 0 aliphatic carbocycles. The first-order valence-corrected chi connectivity index (χ1v) is 5.46. The fourth-order valence-electron chi connectivity index (χ4n) is 1.62. The summed E-state index contributed by atoms with van der Waals surface area (Å²) >= 11 is 0. The van der Waals surface area contributed by atoms with Crippen molar-refractivity contribution in [3.8, 4) is 0 Å². The molecule has 0 saturated heterocycles. The number of halogens is 1. The second-order valence-corrected chi connectivity index (χ2v) is 3.98. The second kappa shape index (κ2) is 6.09. The third kappa shape index (κ3) is 3.51. The van der Waals surface area contributed by atoms with Gasteiger partial charge in [0.2, 0.25) is 0 Å². The summed E-state index contributed by atoms with van der Waals surface area (Å²) in [4.78, 5) is 20.8. The number of nitro groups is 1. The van der Waals surface area contributed by atoms with Gasteiger partial charge in [-0.2, -0.15) is 0 Å². The number of benzene rings is 1. The lowest BCUT2D eigenvalue weighted by Crippen LogP contribution is -2.04. The Morgan fingerprint density at radius 1 is 1.56 bits per heavy atom. The first kappa shape index (κ1) is 14.1. The predicted molar refractivity (Wildman–Crippen MR) is 62.7 cm³/mol. The molecule has 1 aromatic carbocycles. The predicted octanol–water partition coefficient (Wildman–Crippen LogP) is 2.79. The zero-order chi connectivity index (χ0) is 13.7. The maximum atomic E-state index is 13.6. The van der Waals surface area contributed by atoms with Crippen LogP contribution in [0, 0.1) is 15.9 Å². The summed E-state index contributed by atoms with van der Waals surface area (Å²) in [6.07, 6.45) is 0.621. The molecule has 0 fully saturated rings. The molecule has 1 atom stereocenters. The molecule has 0 N–H and O–H groups in total. The highest BCUT2D eigenvalue weighted by atomic mass is 19.1. The number of nitro benzene ring substituents is 1. The molecule has 0 radical (unpaired) electrons. The van der Waals surface area contributed by atoms with E-state index < -0.39 is 10.7 Å². The molecule has 18 heavy (non-hydrogen) atoms. The van der Waals surface area contributed by atoms with Crippen molar-refractivity contribution >= 4 is 11.7 Å². The monoisotopic (exact) mass is 255 g/mol. The van der Waals surface area contributed by atoms with Crippen molar-refractivity contribution in [1.29, 1.82) is 0 Å². The van der Waals surface area contributed by atoms with Gasteiger partial charge in [0.25, 0.3) is 5.69 Å². The average Bonchev–Trinajstić information content (AvgIpc) is 2.35. The molecule has 6 heteroatoms. The van der Waals surface area contributed by atoms with Crippen LogP contribution in [0.3, 0.4) is 0 Å². The average molecular weight is 255 g/mol. The summed E-state index contributed by atoms with van der Waals surface area (Å²) in [6, 6.07) is 3.53. The molecule has 1 aromatic rings. The van der Waals surface area contributed by atoms with Crippen LogP contribution < -0.4 is 0 Å². The quantitative estimate of drug-likeness (QED) is 0.461. The van der Waals surface area contributed by atoms with Crippen LogP contribution in [0.5, 0.6) is 0 Å². The van der Waals surface area contributed by atoms with Crippen LogP contribution in [0.4, 0.5) is 10.1 Å². The highest BCUT2D eigenvalue weighted by molar-refractivity contribution is 5.69. The lowest BCUT2D eigenvalue weighted by atomic mass is 9.95. The van der Waals surface area contributed by atoms with E-state index in [0.29, 0.717) is 12.0 Å². The number of carbonyl (C=O) groups excluding carboxylic acids is 1. The van der Waals surface area contributed by atoms with Gasteiger partial charge in [0.1, 0.15) is 5.82 Å². The SMILES string of the molecule is COC(=O)CCC(C)c1ccc([N+](=O)[O-])cc1F. The third-order valence-corrected chi connectivity index (χ3v) is 2.73. The lowest BCUT2D eigenvalue weighted by Gasteiger charge is -2.11. The van der Waals surface area contributed by atoms with E-state index in [0.717, 1.165) is 6.07 Å². The number of hydrogen-bond acceptors (Lipinski definition) is 4. The zero-order valence-corrected chi connectivity index (χ0v) is 10.2. The Bertz CT molecular complexity index is 461. The summed E-state index contributed by atoms with van der Waals surface area (Å²) in [6.45, 7) is 1.76. The first-order chi connectivity index (χ1) is 8.45. The van der Waals surface area contributed by atoms with Gasteiger partial charge >= 0.3 is 5.97 Å². The normalized spacial score (nSPS) is 11.9. The Labute approximate surface area is 104 Å². The Morgan fingerprint density at radius 3 is 2.72 bits per heavy atom. The molecule has 98 valence electrons. The third-order valence-electron chi connectivity index (χ3n) is 2.73. The van der Waals surface area contributed by atoms with Gasteiger partial charge < -0.3 is 4.74 Å². The molecule has 0 aromatic heterocycles. The van der Waals surface area contributed by atoms with Crippen LogP contribution in [0.25, 0.3) is 0 Å². The summed E-state index contributed by atoms with van der Waals surface area (Å²) < 4.78 is 18.1. The van der Waals surface area contributed by atoms with Crippen molar-refractivity contribution in [1.82, 2.24) is 0 Å². The molecular formula is C12H14FNO4. The maximum Gasteiger partial charge on any atom is 0.305 e. The minimum atomic E-state index is -0.647. The van der Waals surface area contributed by atoms with Crippen molar-refractivity contribution < 1.29 is 18.8 Å². The molecule has 0 amide bonds. The van der Waals surface area contributed by atoms with Crippen LogP contribution in [0.1, 0.15) is 31.2 Å². The summed E-state index contributed by atoms with van der Waals surface area (Å²) in [7, 11) is 1.29. The van der Waals surface area contributed by atoms with E-state index in [1.807, 2.05) is 0 Å². The number of nitrogens with zero attached hydrogens (tertiary/aromatic N) is 1. The van der Waals surface area contributed by atoms with Crippen molar-refractivity contribution in [2.75, 3.05) is 7.11 Å². The second-order valence-electron chi connectivity index (χ2n) is 3.98. The van der Waals surface area contributed by atoms with E-state index in [-0.39, 0.29) is 24.0 Å². The fraction of sp³-hybridized carbons (Fsp3) is 0.417. The Balaban J connectivity index is 2.77. The summed E-state index contributed by atoms with van der Waals surface area (Å²) in [5, 5.41) is 10.5. The number of methoxy groups -OCH3 is 1. The Kier molecular flexibility index (Phi) is 4.76. The number of rotatable bonds is 5. The van der Waals surface area contributed by atoms with Gasteiger partial charge in [0.05, 0.1) is 18.1 Å². The molecule has 1 rings (SSSR count). The first-order valence-electron chi connectivity index (χ1n) is 5.46. The van der Waals surface area contributed by atoms with E-state index in [4.69, 9.17) is 0 Å². The fourth-order valence-corrected chi connectivity index (χ4v) is 1.62. The van der Waals surface area contributed by atoms with E-state index in [1.54, 1.807) is 6.92 Å². The number of hydrogen-bond donors (Lipinski definition) is 0. The molecule has 0 spiro atoms. The topological polar surface area (TPSA) is 69.4 Å². The van der Waals surface area contributed by atoms with Crippen LogP contribution in [0.15, 0.2) is 18.2 Å². The standard InChI is InChI=1S/C12H14FNO4/c1-8(3-6-12(15)18-2)10-5-4-9(14(16)17)7-11(10)13/h4-5,7-8H,3,6H2,1-2H3. The van der Waals surface area contributed by atoms with Gasteiger partial charge in [-0.15, -0.1) is 0 Å². The van der Waals surface area contributed by atoms with Gasteiger partial charge in [0, 0.05) is 12.5 Å². The van der Waals surface area contributed by atoms with E-state index in [2.05, 4.69) is 4.74 Å². The number of ether oxygens (including phenoxy) is 1. The van der Waals surface area contributed by atoms with Gasteiger partial charge in [-0.05, 0) is 24.0 Å². The van der Waals surface area contributed by atoms with Crippen molar-refractivity contribution in [2.45, 2.75) is 25.7 Å². The minimum Gasteiger partial charge on any atom is -0.469 e. The van der Waals surface area contributed by atoms with Gasteiger partial charge in [0.15, 0.2) is 0 Å². The summed E-state index contributed by atoms with van der Waals surface area (Å²) in [5.74, 6) is -1.18. The molecular weight excluding hydrogens is 241 g/mol. The number of esters is 1. The van der Waals surface area contributed by atoms with Gasteiger partial charge in [-0.3, -0.25) is 14.9 Å². The number of non-ortho nitro benzene ring substituents is 1. The molecule has 1 unspecified atom stereocenters. The van der Waals surface area contributed by atoms with Gasteiger partial charge in [-0.1, -0.05) is 6.92 Å². The Hall–Kier alpha value is -1.98. The molecule has 0 aliphatic rings. The molecule has 0 aliphatic heterocycles. The molecule has 0 saturated carbocycles. The lowest BCUT2D eigenvalue weighted by molar-refractivity contribution is -0.385. The van der Waals surface area contributed by atoms with Crippen LogP contribution >= 0.6 is 0 Å². The number of carbonyl (C=O) groups is 1. The molecule has 0 heterocycles. The van der Waals surface area contributed by atoms with Crippen molar-refractivity contribution in [2.24, 2.45) is 0 Å². The van der Waals surface area contributed by atoms with Crippen LogP contribution in [-0.2, 0) is 9.53 Å². The van der Waals surface area contributed by atoms with Crippen molar-refractivity contribution in [3.63, 3.8) is 0 Å². The zero-order valence-electron chi connectivity index (χ0n) is 10.2. The summed E-state index contributed by atoms with van der Waals surface area (Å²) in [5.41, 5.74) is 0.0842. The van der Waals surface area contributed by atoms with E-state index >= 15 is 0 Å². The maximum absolute atomic E-state index is 13.6. The van der Waals surface area contributed by atoms with Gasteiger partial charge in [-0.25, -0.2) is 4.39 Å². The van der Waals surface area contributed by atoms with Crippen LogP contribution in [-0.4, -0.2) is 18.0 Å².